The Hall–Kier alpha value is -2.84. The molecule has 2 aromatic heterocycles. The monoisotopic (exact) mass is 415 g/mol. The van der Waals surface area contributed by atoms with E-state index >= 15 is 0 Å². The molecule has 0 unspecified atom stereocenters. The summed E-state index contributed by atoms with van der Waals surface area (Å²) in [5.74, 6) is 0.368. The minimum absolute atomic E-state index is 0.258. The molecule has 3 aromatic rings. The van der Waals surface area contributed by atoms with Crippen LogP contribution in [0.15, 0.2) is 41.1 Å². The van der Waals surface area contributed by atoms with E-state index in [1.165, 1.54) is 22.7 Å². The molecule has 3 heterocycles. The number of carbonyl (C=O) groups is 2. The molecule has 8 heteroatoms. The quantitative estimate of drug-likeness (QED) is 0.613. The third-order valence-corrected chi connectivity index (χ3v) is 5.89. The van der Waals surface area contributed by atoms with Crippen molar-refractivity contribution in [2.24, 2.45) is 0 Å². The summed E-state index contributed by atoms with van der Waals surface area (Å²) >= 11 is 2.82. The molecule has 0 atom stereocenters. The van der Waals surface area contributed by atoms with Crippen LogP contribution >= 0.6 is 22.7 Å². The molecule has 144 valence electrons. The van der Waals surface area contributed by atoms with Crippen LogP contribution in [0.1, 0.15) is 27.6 Å². The zero-order valence-electron chi connectivity index (χ0n) is 15.0. The molecule has 1 aromatic carbocycles. The molecule has 4 rings (SSSR count). The summed E-state index contributed by atoms with van der Waals surface area (Å²) < 4.78 is 16.2. The number of carbonyl (C=O) groups excluding carboxylic acids is 2. The molecule has 0 bridgehead atoms. The van der Waals surface area contributed by atoms with Crippen LogP contribution in [0.25, 0.3) is 10.4 Å². The third kappa shape index (κ3) is 3.61. The highest BCUT2D eigenvalue weighted by molar-refractivity contribution is 7.17. The van der Waals surface area contributed by atoms with E-state index in [1.54, 1.807) is 25.1 Å². The van der Waals surface area contributed by atoms with Crippen LogP contribution in [-0.2, 0) is 4.74 Å². The lowest BCUT2D eigenvalue weighted by atomic mass is 10.1. The van der Waals surface area contributed by atoms with Crippen LogP contribution in [0.4, 0.5) is 5.00 Å². The van der Waals surface area contributed by atoms with Crippen molar-refractivity contribution in [2.75, 3.05) is 25.1 Å². The van der Waals surface area contributed by atoms with E-state index in [4.69, 9.17) is 14.2 Å². The second kappa shape index (κ2) is 8.04. The molecular formula is C20H17NO5S2. The van der Waals surface area contributed by atoms with E-state index in [9.17, 15) is 9.59 Å². The van der Waals surface area contributed by atoms with Crippen molar-refractivity contribution in [1.82, 2.24) is 0 Å². The number of esters is 1. The molecule has 1 aliphatic heterocycles. The maximum absolute atomic E-state index is 12.8. The molecule has 1 amide bonds. The highest BCUT2D eigenvalue weighted by Crippen LogP contribution is 2.38. The standard InChI is InChI=1S/C20H17NO5S2/c1-2-24-20(23)17-13(16-4-3-9-27-16)11-28-19(17)21-18(22)12-5-6-14-15(10-12)26-8-7-25-14/h3-6,9-11H,2,7-8H2,1H3,(H,21,22). The Bertz CT molecular complexity index is 1010. The predicted octanol–water partition coefficient (Wildman–Crippen LogP) is 4.68. The summed E-state index contributed by atoms with van der Waals surface area (Å²) in [4.78, 5) is 26.3. The van der Waals surface area contributed by atoms with Gasteiger partial charge in [0.15, 0.2) is 11.5 Å². The van der Waals surface area contributed by atoms with Crippen LogP contribution in [0.5, 0.6) is 11.5 Å². The highest BCUT2D eigenvalue weighted by Gasteiger charge is 2.24. The van der Waals surface area contributed by atoms with E-state index in [1.807, 2.05) is 22.9 Å². The maximum atomic E-state index is 12.8. The third-order valence-electron chi connectivity index (χ3n) is 4.09. The summed E-state index contributed by atoms with van der Waals surface area (Å²) in [7, 11) is 0. The largest absolute Gasteiger partial charge is 0.486 e. The molecule has 1 N–H and O–H groups in total. The van der Waals surface area contributed by atoms with Gasteiger partial charge in [0.1, 0.15) is 23.8 Å². The highest BCUT2D eigenvalue weighted by atomic mass is 32.1. The van der Waals surface area contributed by atoms with Crippen LogP contribution < -0.4 is 14.8 Å². The number of hydrogen-bond acceptors (Lipinski definition) is 7. The van der Waals surface area contributed by atoms with E-state index in [2.05, 4.69) is 5.32 Å². The van der Waals surface area contributed by atoms with Gasteiger partial charge in [-0.2, -0.15) is 0 Å². The van der Waals surface area contributed by atoms with Gasteiger partial charge in [-0.1, -0.05) is 6.07 Å². The van der Waals surface area contributed by atoms with E-state index in [0.717, 1.165) is 10.4 Å². The van der Waals surface area contributed by atoms with Gasteiger partial charge in [0.2, 0.25) is 0 Å². The van der Waals surface area contributed by atoms with Crippen molar-refractivity contribution in [1.29, 1.82) is 0 Å². The fourth-order valence-electron chi connectivity index (χ4n) is 2.83. The van der Waals surface area contributed by atoms with Gasteiger partial charge in [-0.3, -0.25) is 4.79 Å². The predicted molar refractivity (Wildman–Crippen MR) is 109 cm³/mol. The zero-order chi connectivity index (χ0) is 19.5. The second-order valence-electron chi connectivity index (χ2n) is 5.86. The van der Waals surface area contributed by atoms with Gasteiger partial charge in [0.05, 0.1) is 6.61 Å². The number of hydrogen-bond donors (Lipinski definition) is 1. The molecule has 28 heavy (non-hydrogen) atoms. The second-order valence-corrected chi connectivity index (χ2v) is 7.69. The number of rotatable bonds is 5. The van der Waals surface area contributed by atoms with Gasteiger partial charge in [-0.15, -0.1) is 22.7 Å². The van der Waals surface area contributed by atoms with Gasteiger partial charge in [0.25, 0.3) is 5.91 Å². The Labute approximate surface area is 169 Å². The van der Waals surface area contributed by atoms with Gasteiger partial charge in [-0.25, -0.2) is 4.79 Å². The van der Waals surface area contributed by atoms with E-state index in [0.29, 0.717) is 40.8 Å². The SMILES string of the molecule is CCOC(=O)c1c(-c2cccs2)csc1NC(=O)c1ccc2c(c1)OCCO2. The average Bonchev–Trinajstić information content (AvgIpc) is 3.37. The van der Waals surface area contributed by atoms with Crippen molar-refractivity contribution in [3.05, 3.63) is 52.2 Å². The maximum Gasteiger partial charge on any atom is 0.341 e. The van der Waals surface area contributed by atoms with Gasteiger partial charge < -0.3 is 19.5 Å². The minimum Gasteiger partial charge on any atom is -0.486 e. The summed E-state index contributed by atoms with van der Waals surface area (Å²) in [6.45, 7) is 2.94. The first-order valence-corrected chi connectivity index (χ1v) is 10.5. The van der Waals surface area contributed by atoms with Crippen molar-refractivity contribution in [3.63, 3.8) is 0 Å². The number of amides is 1. The Morgan fingerprint density at radius 3 is 2.71 bits per heavy atom. The number of ether oxygens (including phenoxy) is 3. The first kappa shape index (κ1) is 18.5. The zero-order valence-corrected chi connectivity index (χ0v) is 16.7. The number of benzene rings is 1. The van der Waals surface area contributed by atoms with Crippen LogP contribution in [0.2, 0.25) is 0 Å². The summed E-state index contributed by atoms with van der Waals surface area (Å²) in [5, 5.41) is 7.10. The Balaban J connectivity index is 1.64. The van der Waals surface area contributed by atoms with Crippen molar-refractivity contribution in [3.8, 4) is 21.9 Å². The van der Waals surface area contributed by atoms with E-state index < -0.39 is 5.97 Å². The normalized spacial score (nSPS) is 12.5. The molecular weight excluding hydrogens is 398 g/mol. The lowest BCUT2D eigenvalue weighted by Gasteiger charge is -2.18. The molecule has 1 aliphatic rings. The van der Waals surface area contributed by atoms with Crippen molar-refractivity contribution >= 4 is 39.6 Å². The first-order chi connectivity index (χ1) is 13.7. The number of thiophene rings is 2. The summed E-state index contributed by atoms with van der Waals surface area (Å²) in [5.41, 5.74) is 1.56. The molecule has 0 aliphatic carbocycles. The van der Waals surface area contributed by atoms with Gasteiger partial charge >= 0.3 is 5.97 Å². The minimum atomic E-state index is -0.454. The number of anilines is 1. The van der Waals surface area contributed by atoms with Crippen molar-refractivity contribution < 1.29 is 23.8 Å². The number of nitrogens with one attached hydrogen (secondary N) is 1. The van der Waals surface area contributed by atoms with E-state index in [-0.39, 0.29) is 12.5 Å². The lowest BCUT2D eigenvalue weighted by molar-refractivity contribution is 0.0529. The molecule has 0 spiro atoms. The molecule has 6 nitrogen and oxygen atoms in total. The Kier molecular flexibility index (Phi) is 5.31. The number of fused-ring (bicyclic) bond motifs is 1. The van der Waals surface area contributed by atoms with Crippen LogP contribution in [-0.4, -0.2) is 31.7 Å². The Morgan fingerprint density at radius 2 is 1.96 bits per heavy atom. The molecule has 0 fully saturated rings. The smallest absolute Gasteiger partial charge is 0.341 e. The molecule has 0 radical (unpaired) electrons. The van der Waals surface area contributed by atoms with Gasteiger partial charge in [-0.05, 0) is 36.6 Å². The topological polar surface area (TPSA) is 73.9 Å². The van der Waals surface area contributed by atoms with Crippen LogP contribution in [0, 0.1) is 0 Å². The molecule has 0 saturated heterocycles. The lowest BCUT2D eigenvalue weighted by Crippen LogP contribution is -2.17. The Morgan fingerprint density at radius 1 is 1.14 bits per heavy atom. The van der Waals surface area contributed by atoms with Gasteiger partial charge in [0, 0.05) is 21.4 Å². The average molecular weight is 415 g/mol. The fraction of sp³-hybridized carbons (Fsp3) is 0.200. The fourth-order valence-corrected chi connectivity index (χ4v) is 4.60. The van der Waals surface area contributed by atoms with Crippen LogP contribution in [0.3, 0.4) is 0 Å². The van der Waals surface area contributed by atoms with Crippen molar-refractivity contribution in [2.45, 2.75) is 6.92 Å². The molecule has 0 saturated carbocycles. The summed E-state index contributed by atoms with van der Waals surface area (Å²) in [6, 6.07) is 8.87. The summed E-state index contributed by atoms with van der Waals surface area (Å²) in [6.07, 6.45) is 0. The first-order valence-electron chi connectivity index (χ1n) is 8.71.